The van der Waals surface area contributed by atoms with Crippen molar-refractivity contribution in [3.05, 3.63) is 75.9 Å². The molecule has 6 heterocycles. The number of carbonyl (C=O) groups excluding carboxylic acids is 3. The fourth-order valence-corrected chi connectivity index (χ4v) is 8.26. The van der Waals surface area contributed by atoms with Gasteiger partial charge in [-0.2, -0.15) is 10.2 Å². The lowest BCUT2D eigenvalue weighted by Gasteiger charge is -2.37. The Morgan fingerprint density at radius 2 is 1.80 bits per heavy atom. The zero-order chi connectivity index (χ0) is 39.1. The minimum atomic E-state index is -2.85. The van der Waals surface area contributed by atoms with Crippen LogP contribution in [0.5, 0.6) is 0 Å². The summed E-state index contributed by atoms with van der Waals surface area (Å²) in [5.41, 5.74) is 2.46. The minimum absolute atomic E-state index is 0.00627. The van der Waals surface area contributed by atoms with Crippen LogP contribution in [0.4, 0.5) is 14.5 Å². The van der Waals surface area contributed by atoms with Crippen LogP contribution in [-0.2, 0) is 16.6 Å². The number of para-hydroxylation sites is 1. The maximum absolute atomic E-state index is 14.1. The fraction of sp³-hybridized carbons (Fsp3) is 0.462. The SMILES string of the molecule is Cc1ccn2ncc(C(=O)Nc3cn(C4CCC(CN5CCN(CC#Cc6cccc7c6n(C)c(=O)n7C6CCC(=O)NC6=O)CC5)CC4)nc3C(F)F)c2n1. The van der Waals surface area contributed by atoms with Crippen molar-refractivity contribution in [3.8, 4) is 11.8 Å². The molecular weight excluding hydrogens is 724 g/mol. The molecule has 4 aromatic heterocycles. The molecule has 1 aromatic carbocycles. The molecule has 292 valence electrons. The van der Waals surface area contributed by atoms with E-state index >= 15 is 0 Å². The van der Waals surface area contributed by atoms with Crippen molar-refractivity contribution in [2.75, 3.05) is 44.6 Å². The molecular formula is C39H43F2N11O4. The van der Waals surface area contributed by atoms with Crippen molar-refractivity contribution < 1.29 is 23.2 Å². The second kappa shape index (κ2) is 15.4. The van der Waals surface area contributed by atoms with E-state index in [0.29, 0.717) is 40.4 Å². The molecule has 0 radical (unpaired) electrons. The van der Waals surface area contributed by atoms with Crippen LogP contribution in [0.15, 0.2) is 47.7 Å². The van der Waals surface area contributed by atoms with Crippen molar-refractivity contribution >= 4 is 40.1 Å². The van der Waals surface area contributed by atoms with Crippen molar-refractivity contribution in [3.63, 3.8) is 0 Å². The molecule has 1 unspecified atom stereocenters. The number of nitrogens with one attached hydrogen (secondary N) is 2. The van der Waals surface area contributed by atoms with Gasteiger partial charge in [0.1, 0.15) is 11.6 Å². The normalized spacial score (nSPS) is 21.1. The Morgan fingerprint density at radius 3 is 2.55 bits per heavy atom. The molecule has 15 nitrogen and oxygen atoms in total. The molecule has 3 aliphatic rings. The Hall–Kier alpha value is -5.73. The van der Waals surface area contributed by atoms with Crippen LogP contribution in [0.3, 0.4) is 0 Å². The number of piperazine rings is 1. The predicted octanol–water partition coefficient (Wildman–Crippen LogP) is 3.46. The Balaban J connectivity index is 0.830. The number of hydrogen-bond acceptors (Lipinski definition) is 9. The van der Waals surface area contributed by atoms with Gasteiger partial charge in [-0.1, -0.05) is 17.9 Å². The number of nitrogens with zero attached hydrogens (tertiary/aromatic N) is 9. The second-order valence-electron chi connectivity index (χ2n) is 15.0. The summed E-state index contributed by atoms with van der Waals surface area (Å²) in [5.74, 6) is 5.68. The zero-order valence-corrected chi connectivity index (χ0v) is 31.2. The number of anilines is 1. The highest BCUT2D eigenvalue weighted by Gasteiger charge is 2.32. The third-order valence-electron chi connectivity index (χ3n) is 11.3. The van der Waals surface area contributed by atoms with Crippen molar-refractivity contribution in [2.45, 2.75) is 64.0 Å². The first-order valence-electron chi connectivity index (χ1n) is 19.0. The van der Waals surface area contributed by atoms with E-state index in [9.17, 15) is 28.0 Å². The summed E-state index contributed by atoms with van der Waals surface area (Å²) in [4.78, 5) is 59.8. The molecule has 2 aliphatic heterocycles. The van der Waals surface area contributed by atoms with Crippen LogP contribution in [0.25, 0.3) is 16.7 Å². The summed E-state index contributed by atoms with van der Waals surface area (Å²) in [6.07, 6.45) is 5.73. The third kappa shape index (κ3) is 7.33. The number of piperidine rings is 1. The van der Waals surface area contributed by atoms with Crippen LogP contribution >= 0.6 is 0 Å². The molecule has 1 atom stereocenters. The Morgan fingerprint density at radius 1 is 1.04 bits per heavy atom. The van der Waals surface area contributed by atoms with E-state index in [0.717, 1.165) is 58.4 Å². The number of halogens is 2. The minimum Gasteiger partial charge on any atom is -0.319 e. The largest absolute Gasteiger partial charge is 0.329 e. The number of hydrogen-bond donors (Lipinski definition) is 2. The van der Waals surface area contributed by atoms with Gasteiger partial charge in [0.15, 0.2) is 11.3 Å². The third-order valence-corrected chi connectivity index (χ3v) is 11.3. The highest BCUT2D eigenvalue weighted by molar-refractivity contribution is 6.08. The maximum atomic E-state index is 14.1. The first kappa shape index (κ1) is 37.2. The van der Waals surface area contributed by atoms with Gasteiger partial charge in [0.05, 0.1) is 41.1 Å². The van der Waals surface area contributed by atoms with Gasteiger partial charge in [-0.05, 0) is 63.1 Å². The molecule has 1 saturated carbocycles. The molecule has 3 fully saturated rings. The lowest BCUT2D eigenvalue weighted by Crippen LogP contribution is -2.48. The van der Waals surface area contributed by atoms with Crippen LogP contribution in [0.1, 0.15) is 84.3 Å². The smallest absolute Gasteiger partial charge is 0.319 e. The van der Waals surface area contributed by atoms with Crippen molar-refractivity contribution in [1.29, 1.82) is 0 Å². The van der Waals surface area contributed by atoms with E-state index in [4.69, 9.17) is 0 Å². The summed E-state index contributed by atoms with van der Waals surface area (Å²) in [6.45, 7) is 6.95. The van der Waals surface area contributed by atoms with E-state index in [-0.39, 0.29) is 41.7 Å². The van der Waals surface area contributed by atoms with Gasteiger partial charge < -0.3 is 10.2 Å². The molecule has 3 amide bonds. The van der Waals surface area contributed by atoms with E-state index < -0.39 is 30.0 Å². The molecule has 1 aliphatic carbocycles. The monoisotopic (exact) mass is 767 g/mol. The highest BCUT2D eigenvalue weighted by atomic mass is 19.3. The van der Waals surface area contributed by atoms with Crippen LogP contribution in [0.2, 0.25) is 0 Å². The topological polar surface area (TPSA) is 157 Å². The van der Waals surface area contributed by atoms with Gasteiger partial charge in [0.25, 0.3) is 12.3 Å². The number of imide groups is 1. The summed E-state index contributed by atoms with van der Waals surface area (Å²) in [5, 5.41) is 13.4. The van der Waals surface area contributed by atoms with Crippen LogP contribution in [-0.4, -0.2) is 100 Å². The van der Waals surface area contributed by atoms with Gasteiger partial charge in [-0.3, -0.25) is 38.4 Å². The van der Waals surface area contributed by atoms with Crippen LogP contribution in [0, 0.1) is 24.7 Å². The maximum Gasteiger partial charge on any atom is 0.329 e. The van der Waals surface area contributed by atoms with Gasteiger partial charge in [0.2, 0.25) is 11.8 Å². The standard InChI is InChI=1S/C39H43F2N11O4/c1-24-14-16-50-36(43-24)28(21-42-50)37(54)44-29-23-51(46-33(29)35(40)41)27-10-8-25(9-11-27)22-49-19-17-48(18-20-49)15-4-6-26-5-3-7-30-34(26)47(2)39(56)52(30)31-12-13-32(53)45-38(31)55/h3,5,7,14,16,21,23,25,27,31,35H,8-13,15,17-20,22H2,1-2H3,(H,44,54)(H,45,53,55). The highest BCUT2D eigenvalue weighted by Crippen LogP contribution is 2.35. The lowest BCUT2D eigenvalue weighted by molar-refractivity contribution is -0.135. The number of fused-ring (bicyclic) bond motifs is 2. The predicted molar refractivity (Wildman–Crippen MR) is 202 cm³/mol. The summed E-state index contributed by atoms with van der Waals surface area (Å²) < 4.78 is 34.2. The summed E-state index contributed by atoms with van der Waals surface area (Å²) in [6, 6.07) is 6.50. The number of amides is 3. The van der Waals surface area contributed by atoms with Crippen LogP contribution < -0.4 is 16.3 Å². The number of aryl methyl sites for hydroxylation is 2. The number of alkyl halides is 2. The first-order valence-corrected chi connectivity index (χ1v) is 19.0. The molecule has 2 N–H and O–H groups in total. The molecule has 8 rings (SSSR count). The van der Waals surface area contributed by atoms with Gasteiger partial charge in [-0.15, -0.1) is 0 Å². The van der Waals surface area contributed by atoms with Gasteiger partial charge in [0, 0.05) is 64.3 Å². The zero-order valence-electron chi connectivity index (χ0n) is 31.2. The summed E-state index contributed by atoms with van der Waals surface area (Å²) >= 11 is 0. The fourth-order valence-electron chi connectivity index (χ4n) is 8.26. The second-order valence-corrected chi connectivity index (χ2v) is 15.0. The first-order chi connectivity index (χ1) is 27.0. The molecule has 0 spiro atoms. The number of carbonyl (C=O) groups is 3. The molecule has 5 aromatic rings. The molecule has 56 heavy (non-hydrogen) atoms. The van der Waals surface area contributed by atoms with Crippen molar-refractivity contribution in [2.24, 2.45) is 13.0 Å². The Bertz CT molecular complexity index is 2440. The Kier molecular flexibility index (Phi) is 10.2. The summed E-state index contributed by atoms with van der Waals surface area (Å²) in [7, 11) is 1.67. The van der Waals surface area contributed by atoms with E-state index in [2.05, 4.69) is 47.5 Å². The van der Waals surface area contributed by atoms with Crippen molar-refractivity contribution in [1.82, 2.24) is 48.6 Å². The number of benzene rings is 1. The molecule has 0 bridgehead atoms. The average Bonchev–Trinajstić information content (AvgIpc) is 3.87. The Labute approximate surface area is 320 Å². The molecule has 2 saturated heterocycles. The number of imidazole rings is 1. The molecule has 17 heteroatoms. The number of rotatable bonds is 8. The quantitative estimate of drug-likeness (QED) is 0.178. The van der Waals surface area contributed by atoms with E-state index in [1.165, 1.54) is 26.0 Å². The van der Waals surface area contributed by atoms with Gasteiger partial charge in [-0.25, -0.2) is 23.1 Å². The number of aromatic nitrogens is 7. The lowest BCUT2D eigenvalue weighted by atomic mass is 9.85. The van der Waals surface area contributed by atoms with E-state index in [1.807, 2.05) is 12.1 Å². The van der Waals surface area contributed by atoms with Gasteiger partial charge >= 0.3 is 5.69 Å². The van der Waals surface area contributed by atoms with E-state index in [1.54, 1.807) is 37.0 Å². The average molecular weight is 768 g/mol.